The molecule has 0 aromatic heterocycles. The Morgan fingerprint density at radius 3 is 2.39 bits per heavy atom. The largest absolute Gasteiger partial charge is 0.479 e. The molecule has 0 bridgehead atoms. The van der Waals surface area contributed by atoms with Crippen LogP contribution < -0.4 is 5.32 Å². The van der Waals surface area contributed by atoms with Crippen LogP contribution in [0.15, 0.2) is 55.1 Å². The number of unbranched alkanes of at least 4 members (excludes halogenated alkanes) is 4. The molecule has 0 heterocycles. The number of carbonyl (C=O) groups excluding carboxylic acids is 1. The third kappa shape index (κ3) is 10.2. The van der Waals surface area contributed by atoms with Gasteiger partial charge in [-0.25, -0.2) is 18.4 Å². The zero-order valence-electron chi connectivity index (χ0n) is 20.8. The third-order valence-electron chi connectivity index (χ3n) is 5.80. The topological polar surface area (TPSA) is 78.9 Å². The van der Waals surface area contributed by atoms with Gasteiger partial charge < -0.3 is 20.1 Å². The normalized spacial score (nSPS) is 11.6. The van der Waals surface area contributed by atoms with Crippen LogP contribution in [0, 0.1) is 11.6 Å². The van der Waals surface area contributed by atoms with Gasteiger partial charge in [0.25, 0.3) is 0 Å². The van der Waals surface area contributed by atoms with Crippen molar-refractivity contribution in [3.63, 3.8) is 0 Å². The molecule has 2 rings (SSSR count). The number of benzene rings is 2. The second-order valence-corrected chi connectivity index (χ2v) is 8.68. The van der Waals surface area contributed by atoms with Crippen molar-refractivity contribution in [1.82, 2.24) is 4.90 Å². The first-order valence-corrected chi connectivity index (χ1v) is 12.4. The molecule has 8 heteroatoms. The van der Waals surface area contributed by atoms with Gasteiger partial charge in [-0.2, -0.15) is 0 Å². The lowest BCUT2D eigenvalue weighted by atomic mass is 10.0. The van der Waals surface area contributed by atoms with Gasteiger partial charge in [0.1, 0.15) is 11.6 Å². The van der Waals surface area contributed by atoms with Crippen molar-refractivity contribution in [2.45, 2.75) is 58.0 Å². The van der Waals surface area contributed by atoms with Crippen LogP contribution in [0.25, 0.3) is 0 Å². The molecule has 36 heavy (non-hydrogen) atoms. The minimum atomic E-state index is -1.03. The van der Waals surface area contributed by atoms with E-state index in [-0.39, 0.29) is 18.7 Å². The van der Waals surface area contributed by atoms with Gasteiger partial charge >= 0.3 is 12.0 Å². The van der Waals surface area contributed by atoms with Gasteiger partial charge in [-0.3, -0.25) is 0 Å². The number of nitrogens with zero attached hydrogens (tertiary/aromatic N) is 1. The van der Waals surface area contributed by atoms with Gasteiger partial charge in [0.05, 0.1) is 12.3 Å². The maximum absolute atomic E-state index is 14.0. The highest BCUT2D eigenvalue weighted by Gasteiger charge is 2.19. The molecule has 0 aliphatic heterocycles. The second-order valence-electron chi connectivity index (χ2n) is 8.68. The Morgan fingerprint density at radius 1 is 1.06 bits per heavy atom. The fourth-order valence-electron chi connectivity index (χ4n) is 3.73. The van der Waals surface area contributed by atoms with E-state index in [9.17, 15) is 23.5 Å². The highest BCUT2D eigenvalue weighted by molar-refractivity contribution is 5.89. The van der Waals surface area contributed by atoms with Crippen molar-refractivity contribution in [3.8, 4) is 0 Å². The van der Waals surface area contributed by atoms with Crippen LogP contribution in [-0.4, -0.2) is 47.8 Å². The zero-order valence-corrected chi connectivity index (χ0v) is 20.8. The molecular weight excluding hydrogens is 466 g/mol. The number of halogens is 2. The summed E-state index contributed by atoms with van der Waals surface area (Å²) in [5, 5.41) is 11.9. The molecule has 2 aromatic rings. The number of hydrogen-bond donors (Lipinski definition) is 2. The summed E-state index contributed by atoms with van der Waals surface area (Å²) in [5.74, 6) is -2.55. The third-order valence-corrected chi connectivity index (χ3v) is 5.80. The highest BCUT2D eigenvalue weighted by atomic mass is 19.1. The summed E-state index contributed by atoms with van der Waals surface area (Å²) in [6.45, 7) is 6.78. The molecule has 0 aliphatic rings. The maximum Gasteiger partial charge on any atom is 0.333 e. The first kappa shape index (κ1) is 29.0. The van der Waals surface area contributed by atoms with E-state index in [4.69, 9.17) is 4.74 Å². The van der Waals surface area contributed by atoms with Gasteiger partial charge in [0, 0.05) is 25.6 Å². The molecule has 6 nitrogen and oxygen atoms in total. The number of aliphatic carboxylic acids is 1. The van der Waals surface area contributed by atoms with E-state index in [1.807, 2.05) is 24.3 Å². The minimum absolute atomic E-state index is 0.0617. The minimum Gasteiger partial charge on any atom is -0.479 e. The fourth-order valence-corrected chi connectivity index (χ4v) is 3.73. The summed E-state index contributed by atoms with van der Waals surface area (Å²) in [4.78, 5) is 25.9. The van der Waals surface area contributed by atoms with E-state index in [1.165, 1.54) is 12.1 Å². The molecule has 2 aromatic carbocycles. The molecule has 196 valence electrons. The van der Waals surface area contributed by atoms with Crippen LogP contribution in [0.5, 0.6) is 0 Å². The Hall–Kier alpha value is -3.26. The van der Waals surface area contributed by atoms with Crippen LogP contribution in [0.4, 0.5) is 19.3 Å². The van der Waals surface area contributed by atoms with Crippen molar-refractivity contribution in [3.05, 3.63) is 77.9 Å². The molecule has 0 aliphatic carbocycles. The number of amides is 2. The summed E-state index contributed by atoms with van der Waals surface area (Å²) in [5.41, 5.74) is 1.75. The average Bonchev–Trinajstić information content (AvgIpc) is 2.85. The number of urea groups is 1. The molecule has 0 radical (unpaired) electrons. The predicted octanol–water partition coefficient (Wildman–Crippen LogP) is 6.21. The Labute approximate surface area is 212 Å². The van der Waals surface area contributed by atoms with Crippen molar-refractivity contribution < 1.29 is 28.2 Å². The van der Waals surface area contributed by atoms with Crippen LogP contribution >= 0.6 is 0 Å². The summed E-state index contributed by atoms with van der Waals surface area (Å²) in [7, 11) is 0. The quantitative estimate of drug-likeness (QED) is 0.211. The number of rotatable bonds is 16. The number of hydrogen-bond acceptors (Lipinski definition) is 3. The SMILES string of the molecule is C=CCOC(Cc1ccc(CCN(CCCCCCC)C(=O)Nc2ccc(F)cc2F)cc1)C(=O)O. The van der Waals surface area contributed by atoms with Crippen LogP contribution in [0.3, 0.4) is 0 Å². The lowest BCUT2D eigenvalue weighted by molar-refractivity contribution is -0.149. The molecule has 0 fully saturated rings. The van der Waals surface area contributed by atoms with E-state index >= 15 is 0 Å². The number of carboxylic acid groups (broad SMARTS) is 1. The Balaban J connectivity index is 2.00. The van der Waals surface area contributed by atoms with Gasteiger partial charge in [-0.15, -0.1) is 6.58 Å². The van der Waals surface area contributed by atoms with Gasteiger partial charge in [0.15, 0.2) is 6.10 Å². The average molecular weight is 503 g/mol. The lowest BCUT2D eigenvalue weighted by Gasteiger charge is -2.23. The molecular formula is C28H36F2N2O4. The van der Waals surface area contributed by atoms with E-state index < -0.39 is 29.7 Å². The number of anilines is 1. The second kappa shape index (κ2) is 15.7. The molecule has 1 atom stereocenters. The number of nitrogens with one attached hydrogen (secondary N) is 1. The van der Waals surface area contributed by atoms with Crippen molar-refractivity contribution in [1.29, 1.82) is 0 Å². The fraction of sp³-hybridized carbons (Fsp3) is 0.429. The van der Waals surface area contributed by atoms with Crippen LogP contribution in [0.1, 0.15) is 50.2 Å². The molecule has 0 spiro atoms. The summed E-state index contributed by atoms with van der Waals surface area (Å²) < 4.78 is 32.6. The lowest BCUT2D eigenvalue weighted by Crippen LogP contribution is -2.37. The van der Waals surface area contributed by atoms with Crippen LogP contribution in [-0.2, 0) is 22.4 Å². The molecule has 2 amide bonds. The van der Waals surface area contributed by atoms with Crippen molar-refractivity contribution in [2.24, 2.45) is 0 Å². The summed E-state index contributed by atoms with van der Waals surface area (Å²) in [6, 6.07) is 10.1. The number of ether oxygens (including phenoxy) is 1. The van der Waals surface area contributed by atoms with E-state index in [1.54, 1.807) is 4.90 Å². The van der Waals surface area contributed by atoms with E-state index in [0.29, 0.717) is 19.5 Å². The molecule has 0 saturated heterocycles. The maximum atomic E-state index is 14.0. The Bertz CT molecular complexity index is 982. The highest BCUT2D eigenvalue weighted by Crippen LogP contribution is 2.17. The first-order chi connectivity index (χ1) is 17.3. The smallest absolute Gasteiger partial charge is 0.333 e. The zero-order chi connectivity index (χ0) is 26.3. The summed E-state index contributed by atoms with van der Waals surface area (Å²) >= 11 is 0. The van der Waals surface area contributed by atoms with Gasteiger partial charge in [0.2, 0.25) is 0 Å². The molecule has 0 saturated carbocycles. The van der Waals surface area contributed by atoms with Gasteiger partial charge in [-0.1, -0.05) is 62.9 Å². The van der Waals surface area contributed by atoms with Crippen molar-refractivity contribution >= 4 is 17.7 Å². The monoisotopic (exact) mass is 502 g/mol. The van der Waals surface area contributed by atoms with Gasteiger partial charge in [-0.05, 0) is 36.1 Å². The number of carbonyl (C=O) groups is 2. The van der Waals surface area contributed by atoms with Crippen molar-refractivity contribution in [2.75, 3.05) is 25.0 Å². The molecule has 2 N–H and O–H groups in total. The van der Waals surface area contributed by atoms with Crippen LogP contribution in [0.2, 0.25) is 0 Å². The van der Waals surface area contributed by atoms with E-state index in [0.717, 1.165) is 55.4 Å². The Kier molecular flexibility index (Phi) is 12.6. The predicted molar refractivity (Wildman–Crippen MR) is 137 cm³/mol. The standard InChI is InChI=1S/C28H36F2N2O4/c1-3-5-6-7-8-16-32(28(35)31-25-14-13-23(29)20-24(25)30)17-15-21-9-11-22(12-10-21)19-26(27(33)34)36-18-4-2/h4,9-14,20,26H,2-3,5-8,15-19H2,1H3,(H,31,35)(H,33,34). The number of carboxylic acids is 1. The first-order valence-electron chi connectivity index (χ1n) is 12.4. The Morgan fingerprint density at radius 2 is 1.75 bits per heavy atom. The van der Waals surface area contributed by atoms with E-state index in [2.05, 4.69) is 18.8 Å². The summed E-state index contributed by atoms with van der Waals surface area (Å²) in [6.07, 6.45) is 6.55. The molecule has 1 unspecified atom stereocenters.